The van der Waals surface area contributed by atoms with Gasteiger partial charge in [0.25, 0.3) is 0 Å². The van der Waals surface area contributed by atoms with Crippen molar-refractivity contribution in [3.63, 3.8) is 0 Å². The second-order valence-electron chi connectivity index (χ2n) is 4.16. The molecule has 1 aromatic rings. The zero-order valence-corrected chi connectivity index (χ0v) is 11.6. The highest BCUT2D eigenvalue weighted by molar-refractivity contribution is 7.99. The molecule has 1 heterocycles. The molecule has 0 unspecified atom stereocenters. The average molecular weight is 278 g/mol. The summed E-state index contributed by atoms with van der Waals surface area (Å²) in [6.07, 6.45) is 1.69. The third-order valence-corrected chi connectivity index (χ3v) is 3.69. The third kappa shape index (κ3) is 4.21. The van der Waals surface area contributed by atoms with Crippen LogP contribution in [0.15, 0.2) is 36.9 Å². The number of urea groups is 1. The summed E-state index contributed by atoms with van der Waals surface area (Å²) in [5, 5.41) is 2.90. The first-order valence-electron chi connectivity index (χ1n) is 6.27. The Morgan fingerprint density at radius 3 is 3.00 bits per heavy atom. The number of benzene rings is 1. The maximum absolute atomic E-state index is 12.0. The number of carbonyl (C=O) groups is 1. The Kier molecular flexibility index (Phi) is 5.15. The number of amides is 2. The van der Waals surface area contributed by atoms with Crippen molar-refractivity contribution in [1.29, 1.82) is 0 Å². The molecule has 1 aromatic carbocycles. The highest BCUT2D eigenvalue weighted by atomic mass is 32.2. The molecular weight excluding hydrogens is 260 g/mol. The van der Waals surface area contributed by atoms with Gasteiger partial charge in [0.1, 0.15) is 12.4 Å². The zero-order valence-electron chi connectivity index (χ0n) is 10.8. The van der Waals surface area contributed by atoms with Gasteiger partial charge in [-0.05, 0) is 12.1 Å². The van der Waals surface area contributed by atoms with Crippen LogP contribution in [0.25, 0.3) is 0 Å². The number of ether oxygens (including phenoxy) is 1. The average Bonchev–Trinajstić information content (AvgIpc) is 2.46. The molecule has 1 aliphatic rings. The fraction of sp³-hybridized carbons (Fsp3) is 0.357. The van der Waals surface area contributed by atoms with Crippen molar-refractivity contribution in [2.45, 2.75) is 0 Å². The minimum Gasteiger partial charge on any atom is -0.489 e. The smallest absolute Gasteiger partial charge is 0.321 e. The lowest BCUT2D eigenvalue weighted by atomic mass is 10.3. The van der Waals surface area contributed by atoms with E-state index < -0.39 is 0 Å². The van der Waals surface area contributed by atoms with Crippen LogP contribution in [-0.4, -0.2) is 42.1 Å². The lowest BCUT2D eigenvalue weighted by Gasteiger charge is -2.26. The second kappa shape index (κ2) is 7.09. The van der Waals surface area contributed by atoms with Crippen LogP contribution in [0.5, 0.6) is 5.75 Å². The number of anilines is 1. The van der Waals surface area contributed by atoms with E-state index in [1.807, 2.05) is 40.9 Å². The first-order chi connectivity index (χ1) is 9.29. The van der Waals surface area contributed by atoms with Crippen LogP contribution >= 0.6 is 11.8 Å². The van der Waals surface area contributed by atoms with Crippen molar-refractivity contribution in [1.82, 2.24) is 4.90 Å². The van der Waals surface area contributed by atoms with E-state index in [1.165, 1.54) is 0 Å². The van der Waals surface area contributed by atoms with Crippen molar-refractivity contribution in [2.24, 2.45) is 0 Å². The van der Waals surface area contributed by atoms with Gasteiger partial charge in [0.2, 0.25) is 0 Å². The quantitative estimate of drug-likeness (QED) is 0.861. The molecule has 0 aromatic heterocycles. The highest BCUT2D eigenvalue weighted by Crippen LogP contribution is 2.18. The van der Waals surface area contributed by atoms with Gasteiger partial charge in [0, 0.05) is 36.3 Å². The van der Waals surface area contributed by atoms with Gasteiger partial charge in [-0.15, -0.1) is 0 Å². The van der Waals surface area contributed by atoms with Crippen LogP contribution < -0.4 is 10.1 Å². The molecule has 0 aliphatic carbocycles. The summed E-state index contributed by atoms with van der Waals surface area (Å²) in [5.74, 6) is 2.75. The molecule has 102 valence electrons. The maximum Gasteiger partial charge on any atom is 0.321 e. The molecule has 1 aliphatic heterocycles. The Bertz CT molecular complexity index is 445. The molecule has 0 atom stereocenters. The van der Waals surface area contributed by atoms with Gasteiger partial charge in [-0.25, -0.2) is 4.79 Å². The summed E-state index contributed by atoms with van der Waals surface area (Å²) in [7, 11) is 0. The zero-order chi connectivity index (χ0) is 13.5. The van der Waals surface area contributed by atoms with Gasteiger partial charge < -0.3 is 15.0 Å². The van der Waals surface area contributed by atoms with E-state index in [4.69, 9.17) is 4.74 Å². The van der Waals surface area contributed by atoms with E-state index in [0.717, 1.165) is 36.0 Å². The number of nitrogens with one attached hydrogen (secondary N) is 1. The molecule has 1 fully saturated rings. The number of hydrogen-bond acceptors (Lipinski definition) is 3. The molecule has 2 rings (SSSR count). The van der Waals surface area contributed by atoms with E-state index >= 15 is 0 Å². The first-order valence-corrected chi connectivity index (χ1v) is 7.42. The lowest BCUT2D eigenvalue weighted by molar-refractivity contribution is 0.217. The van der Waals surface area contributed by atoms with E-state index in [9.17, 15) is 4.79 Å². The molecule has 2 amide bonds. The van der Waals surface area contributed by atoms with Gasteiger partial charge >= 0.3 is 6.03 Å². The van der Waals surface area contributed by atoms with E-state index in [-0.39, 0.29) is 6.03 Å². The van der Waals surface area contributed by atoms with Crippen LogP contribution in [0.1, 0.15) is 0 Å². The minimum atomic E-state index is -0.0406. The molecule has 4 nitrogen and oxygen atoms in total. The van der Waals surface area contributed by atoms with E-state index in [0.29, 0.717) is 6.61 Å². The summed E-state index contributed by atoms with van der Waals surface area (Å²) in [6.45, 7) is 5.68. The number of nitrogens with zero attached hydrogens (tertiary/aromatic N) is 1. The van der Waals surface area contributed by atoms with E-state index in [2.05, 4.69) is 11.9 Å². The number of hydrogen-bond donors (Lipinski definition) is 1. The van der Waals surface area contributed by atoms with Gasteiger partial charge in [0.05, 0.1) is 0 Å². The minimum absolute atomic E-state index is 0.0406. The van der Waals surface area contributed by atoms with Gasteiger partial charge in [-0.1, -0.05) is 18.7 Å². The van der Waals surface area contributed by atoms with Gasteiger partial charge in [0.15, 0.2) is 0 Å². The number of rotatable bonds is 4. The number of thioether (sulfide) groups is 1. The largest absolute Gasteiger partial charge is 0.489 e. The summed E-state index contributed by atoms with van der Waals surface area (Å²) in [5.41, 5.74) is 0.754. The Labute approximate surface area is 117 Å². The number of carbonyl (C=O) groups excluding carboxylic acids is 1. The van der Waals surface area contributed by atoms with Crippen molar-refractivity contribution >= 4 is 23.5 Å². The molecule has 0 radical (unpaired) electrons. The second-order valence-corrected chi connectivity index (χ2v) is 5.38. The molecule has 1 saturated heterocycles. The lowest BCUT2D eigenvalue weighted by Crippen LogP contribution is -2.40. The van der Waals surface area contributed by atoms with Crippen molar-refractivity contribution in [3.05, 3.63) is 36.9 Å². The normalized spacial score (nSPS) is 14.8. The summed E-state index contributed by atoms with van der Waals surface area (Å²) >= 11 is 1.88. The molecule has 0 saturated carbocycles. The van der Waals surface area contributed by atoms with Crippen LogP contribution in [0.3, 0.4) is 0 Å². The Morgan fingerprint density at radius 2 is 2.26 bits per heavy atom. The highest BCUT2D eigenvalue weighted by Gasteiger charge is 2.16. The van der Waals surface area contributed by atoms with Crippen molar-refractivity contribution in [3.8, 4) is 5.75 Å². The molecule has 19 heavy (non-hydrogen) atoms. The molecule has 0 spiro atoms. The topological polar surface area (TPSA) is 41.6 Å². The Hall–Kier alpha value is -1.62. The van der Waals surface area contributed by atoms with Crippen molar-refractivity contribution < 1.29 is 9.53 Å². The Balaban J connectivity index is 1.93. The first kappa shape index (κ1) is 13.8. The predicted molar refractivity (Wildman–Crippen MR) is 80.1 cm³/mol. The molecule has 5 heteroatoms. The van der Waals surface area contributed by atoms with Crippen LogP contribution in [-0.2, 0) is 0 Å². The standard InChI is InChI=1S/C14H18N2O2S/c1-2-8-18-13-5-3-4-12(11-13)15-14(17)16-6-9-19-10-7-16/h2-5,11H,1,6-10H2,(H,15,17). The molecule has 0 bridgehead atoms. The molecule has 1 N–H and O–H groups in total. The summed E-state index contributed by atoms with van der Waals surface area (Å²) in [6, 6.07) is 7.36. The van der Waals surface area contributed by atoms with Gasteiger partial charge in [-0.2, -0.15) is 11.8 Å². The van der Waals surface area contributed by atoms with Crippen molar-refractivity contribution in [2.75, 3.05) is 36.5 Å². The fourth-order valence-corrected chi connectivity index (χ4v) is 2.69. The van der Waals surface area contributed by atoms with Crippen LogP contribution in [0, 0.1) is 0 Å². The fourth-order valence-electron chi connectivity index (χ4n) is 1.79. The maximum atomic E-state index is 12.0. The molecular formula is C14H18N2O2S. The third-order valence-electron chi connectivity index (χ3n) is 2.75. The van der Waals surface area contributed by atoms with E-state index in [1.54, 1.807) is 6.08 Å². The predicted octanol–water partition coefficient (Wildman–Crippen LogP) is 2.83. The monoisotopic (exact) mass is 278 g/mol. The summed E-state index contributed by atoms with van der Waals surface area (Å²) < 4.78 is 5.44. The van der Waals surface area contributed by atoms with Gasteiger partial charge in [-0.3, -0.25) is 0 Å². The Morgan fingerprint density at radius 1 is 1.47 bits per heavy atom. The summed E-state index contributed by atoms with van der Waals surface area (Å²) in [4.78, 5) is 13.9. The van der Waals surface area contributed by atoms with Crippen LogP contribution in [0.2, 0.25) is 0 Å². The van der Waals surface area contributed by atoms with Crippen LogP contribution in [0.4, 0.5) is 10.5 Å². The SMILES string of the molecule is C=CCOc1cccc(NC(=O)N2CCSCC2)c1.